The third-order valence-corrected chi connectivity index (χ3v) is 4.64. The van der Waals surface area contributed by atoms with Gasteiger partial charge >= 0.3 is 6.09 Å². The van der Waals surface area contributed by atoms with Crippen molar-refractivity contribution in [3.05, 3.63) is 0 Å². The van der Waals surface area contributed by atoms with Crippen LogP contribution in [0.15, 0.2) is 0 Å². The van der Waals surface area contributed by atoms with E-state index in [0.717, 1.165) is 12.8 Å². The molecule has 0 spiro atoms. The molecule has 3 atom stereocenters. The van der Waals surface area contributed by atoms with E-state index in [2.05, 4.69) is 0 Å². The Labute approximate surface area is 139 Å². The van der Waals surface area contributed by atoms with E-state index in [0.29, 0.717) is 13.1 Å². The molecule has 2 rings (SSSR count). The minimum Gasteiger partial charge on any atom is -0.444 e. The van der Waals surface area contributed by atoms with Crippen molar-refractivity contribution in [2.24, 2.45) is 11.1 Å². The Morgan fingerprint density at radius 3 is 2.22 bits per heavy atom. The van der Waals surface area contributed by atoms with E-state index in [1.165, 1.54) is 0 Å². The first kappa shape index (κ1) is 18.0. The summed E-state index contributed by atoms with van der Waals surface area (Å²) in [6.07, 6.45) is 1.53. The Bertz CT molecular complexity index is 478. The fourth-order valence-corrected chi connectivity index (χ4v) is 3.17. The van der Waals surface area contributed by atoms with Gasteiger partial charge in [-0.3, -0.25) is 4.79 Å². The van der Waals surface area contributed by atoms with Gasteiger partial charge in [-0.25, -0.2) is 4.79 Å². The first-order valence-electron chi connectivity index (χ1n) is 8.47. The summed E-state index contributed by atoms with van der Waals surface area (Å²) in [4.78, 5) is 28.6. The van der Waals surface area contributed by atoms with Crippen LogP contribution in [0.3, 0.4) is 0 Å². The second-order valence-corrected chi connectivity index (χ2v) is 8.78. The smallest absolute Gasteiger partial charge is 0.410 e. The van der Waals surface area contributed by atoms with Crippen LogP contribution in [0.1, 0.15) is 54.4 Å². The molecule has 0 saturated carbocycles. The van der Waals surface area contributed by atoms with Gasteiger partial charge in [0.15, 0.2) is 0 Å². The van der Waals surface area contributed by atoms with Gasteiger partial charge in [0.05, 0.1) is 18.1 Å². The highest BCUT2D eigenvalue weighted by Gasteiger charge is 2.50. The molecule has 0 radical (unpaired) electrons. The van der Waals surface area contributed by atoms with Crippen molar-refractivity contribution < 1.29 is 14.3 Å². The van der Waals surface area contributed by atoms with Gasteiger partial charge in [0, 0.05) is 13.1 Å². The van der Waals surface area contributed by atoms with E-state index in [1.54, 1.807) is 4.90 Å². The van der Waals surface area contributed by atoms with E-state index in [4.69, 9.17) is 10.5 Å². The molecule has 2 saturated heterocycles. The van der Waals surface area contributed by atoms with Crippen molar-refractivity contribution >= 4 is 12.0 Å². The number of hydrogen-bond donors (Lipinski definition) is 1. The molecule has 2 heterocycles. The number of carbonyl (C=O) groups excluding carboxylic acids is 2. The fraction of sp³-hybridized carbons (Fsp3) is 0.882. The zero-order valence-electron chi connectivity index (χ0n) is 15.3. The molecule has 0 aromatic heterocycles. The quantitative estimate of drug-likeness (QED) is 0.800. The third-order valence-electron chi connectivity index (χ3n) is 4.64. The lowest BCUT2D eigenvalue weighted by molar-refractivity contribution is -0.152. The maximum absolute atomic E-state index is 12.6. The SMILES string of the molecule is CC(C)(C)OC(=O)N1CCCC2[C@H]1CN2C(=O)C(N)C(C)(C)C. The number of hydrogen-bond acceptors (Lipinski definition) is 4. The summed E-state index contributed by atoms with van der Waals surface area (Å²) < 4.78 is 5.49. The highest BCUT2D eigenvalue weighted by molar-refractivity contribution is 5.84. The lowest BCUT2D eigenvalue weighted by Gasteiger charge is -2.56. The molecule has 2 fully saturated rings. The Kier molecular flexibility index (Phi) is 4.68. The first-order chi connectivity index (χ1) is 10.4. The Balaban J connectivity index is 2.01. The normalized spacial score (nSPS) is 26.2. The molecule has 0 bridgehead atoms. The molecule has 2 aliphatic rings. The van der Waals surface area contributed by atoms with Gasteiger partial charge in [-0.05, 0) is 39.0 Å². The van der Waals surface area contributed by atoms with Gasteiger partial charge in [0.1, 0.15) is 5.60 Å². The lowest BCUT2D eigenvalue weighted by Crippen LogP contribution is -2.73. The highest BCUT2D eigenvalue weighted by Crippen LogP contribution is 2.34. The minimum atomic E-state index is -0.514. The van der Waals surface area contributed by atoms with Crippen LogP contribution in [0.4, 0.5) is 4.79 Å². The third kappa shape index (κ3) is 3.79. The zero-order chi connectivity index (χ0) is 17.6. The van der Waals surface area contributed by atoms with Crippen molar-refractivity contribution in [3.8, 4) is 0 Å². The lowest BCUT2D eigenvalue weighted by atomic mass is 9.82. The molecule has 0 aromatic carbocycles. The number of amides is 2. The van der Waals surface area contributed by atoms with E-state index in [-0.39, 0.29) is 29.5 Å². The summed E-state index contributed by atoms with van der Waals surface area (Å²) in [6, 6.07) is -0.368. The number of piperidine rings is 1. The average molecular weight is 325 g/mol. The Morgan fingerprint density at radius 2 is 1.70 bits per heavy atom. The molecular formula is C17H31N3O3. The summed E-state index contributed by atoms with van der Waals surface area (Å²) in [5.41, 5.74) is 5.34. The number of rotatable bonds is 1. The minimum absolute atomic E-state index is 0.00945. The number of carbonyl (C=O) groups is 2. The fourth-order valence-electron chi connectivity index (χ4n) is 3.17. The van der Waals surface area contributed by atoms with Crippen LogP contribution in [0.2, 0.25) is 0 Å². The van der Waals surface area contributed by atoms with Crippen LogP contribution < -0.4 is 5.73 Å². The van der Waals surface area contributed by atoms with Gasteiger partial charge in [-0.1, -0.05) is 20.8 Å². The summed E-state index contributed by atoms with van der Waals surface area (Å²) >= 11 is 0. The van der Waals surface area contributed by atoms with Crippen LogP contribution in [-0.2, 0) is 9.53 Å². The molecular weight excluding hydrogens is 294 g/mol. The van der Waals surface area contributed by atoms with Crippen LogP contribution in [0.5, 0.6) is 0 Å². The molecule has 2 aliphatic heterocycles. The predicted molar refractivity (Wildman–Crippen MR) is 88.9 cm³/mol. The Morgan fingerprint density at radius 1 is 1.09 bits per heavy atom. The predicted octanol–water partition coefficient (Wildman–Crippen LogP) is 1.97. The summed E-state index contributed by atoms with van der Waals surface area (Å²) in [7, 11) is 0. The maximum Gasteiger partial charge on any atom is 0.410 e. The largest absolute Gasteiger partial charge is 0.444 e. The maximum atomic E-state index is 12.6. The number of likely N-dealkylation sites (tertiary alicyclic amines) is 2. The van der Waals surface area contributed by atoms with Crippen LogP contribution in [0, 0.1) is 5.41 Å². The Hall–Kier alpha value is -1.30. The van der Waals surface area contributed by atoms with E-state index < -0.39 is 11.6 Å². The molecule has 0 aliphatic carbocycles. The van der Waals surface area contributed by atoms with Gasteiger partial charge < -0.3 is 20.3 Å². The van der Waals surface area contributed by atoms with Gasteiger partial charge in [0.2, 0.25) is 5.91 Å². The summed E-state index contributed by atoms with van der Waals surface area (Å²) in [6.45, 7) is 12.8. The summed E-state index contributed by atoms with van der Waals surface area (Å²) in [5.74, 6) is -0.00945. The van der Waals surface area contributed by atoms with Crippen LogP contribution >= 0.6 is 0 Å². The number of nitrogens with two attached hydrogens (primary N) is 1. The van der Waals surface area contributed by atoms with E-state index in [9.17, 15) is 9.59 Å². The van der Waals surface area contributed by atoms with Crippen LogP contribution in [-0.4, -0.2) is 58.6 Å². The van der Waals surface area contributed by atoms with Crippen molar-refractivity contribution in [2.75, 3.05) is 13.1 Å². The van der Waals surface area contributed by atoms with Crippen molar-refractivity contribution in [1.29, 1.82) is 0 Å². The zero-order valence-corrected chi connectivity index (χ0v) is 15.3. The molecule has 23 heavy (non-hydrogen) atoms. The summed E-state index contributed by atoms with van der Waals surface area (Å²) in [5, 5.41) is 0. The molecule has 2 amide bonds. The number of fused-ring (bicyclic) bond motifs is 1. The molecule has 6 heteroatoms. The van der Waals surface area contributed by atoms with E-state index in [1.807, 2.05) is 46.4 Å². The molecule has 6 nitrogen and oxygen atoms in total. The second-order valence-electron chi connectivity index (χ2n) is 8.78. The van der Waals surface area contributed by atoms with Gasteiger partial charge in [0.25, 0.3) is 0 Å². The molecule has 2 unspecified atom stereocenters. The molecule has 132 valence electrons. The monoisotopic (exact) mass is 325 g/mol. The topological polar surface area (TPSA) is 75.9 Å². The van der Waals surface area contributed by atoms with Crippen molar-refractivity contribution in [2.45, 2.75) is 78.1 Å². The second kappa shape index (κ2) is 5.96. The van der Waals surface area contributed by atoms with Gasteiger partial charge in [-0.2, -0.15) is 0 Å². The number of nitrogens with zero attached hydrogens (tertiary/aromatic N) is 2. The molecule has 2 N–H and O–H groups in total. The highest BCUT2D eigenvalue weighted by atomic mass is 16.6. The standard InChI is InChI=1S/C17H31N3O3/c1-16(2,3)13(18)14(21)20-10-12-11(20)8-7-9-19(12)15(22)23-17(4,5)6/h11-13H,7-10,18H2,1-6H3/t11?,12-,13?/m1/s1. The van der Waals surface area contributed by atoms with Gasteiger partial charge in [-0.15, -0.1) is 0 Å². The van der Waals surface area contributed by atoms with Crippen molar-refractivity contribution in [3.63, 3.8) is 0 Å². The first-order valence-corrected chi connectivity index (χ1v) is 8.47. The van der Waals surface area contributed by atoms with E-state index >= 15 is 0 Å². The molecule has 0 aromatic rings. The van der Waals surface area contributed by atoms with Crippen molar-refractivity contribution in [1.82, 2.24) is 9.80 Å². The average Bonchev–Trinajstić information content (AvgIpc) is 2.35. The van der Waals surface area contributed by atoms with Crippen LogP contribution in [0.25, 0.3) is 0 Å². The number of ether oxygens (including phenoxy) is 1.